The Hall–Kier alpha value is -2.24. The van der Waals surface area contributed by atoms with Crippen molar-refractivity contribution in [3.63, 3.8) is 0 Å². The molecule has 0 saturated carbocycles. The van der Waals surface area contributed by atoms with E-state index in [1.165, 1.54) is 26.4 Å². The first-order valence-electron chi connectivity index (χ1n) is 5.21. The minimum absolute atomic E-state index is 0.0676. The first-order valence-corrected chi connectivity index (χ1v) is 5.21. The third-order valence-corrected chi connectivity index (χ3v) is 2.25. The van der Waals surface area contributed by atoms with E-state index >= 15 is 0 Å². The molecule has 6 nitrogen and oxygen atoms in total. The number of esters is 1. The van der Waals surface area contributed by atoms with Crippen LogP contribution in [0.5, 0.6) is 11.5 Å². The number of carboxylic acids is 1. The van der Waals surface area contributed by atoms with Crippen molar-refractivity contribution in [1.82, 2.24) is 0 Å². The van der Waals surface area contributed by atoms with E-state index in [0.717, 1.165) is 0 Å². The summed E-state index contributed by atoms with van der Waals surface area (Å²) in [6, 6.07) is 2.52. The van der Waals surface area contributed by atoms with Gasteiger partial charge in [0.1, 0.15) is 0 Å². The minimum Gasteiger partial charge on any atom is -0.493 e. The number of benzene rings is 1. The van der Waals surface area contributed by atoms with Gasteiger partial charge in [0.15, 0.2) is 11.5 Å². The summed E-state index contributed by atoms with van der Waals surface area (Å²) < 4.78 is 14.8. The van der Waals surface area contributed by atoms with Crippen LogP contribution in [0.2, 0.25) is 0 Å². The fourth-order valence-corrected chi connectivity index (χ4v) is 1.43. The van der Waals surface area contributed by atoms with E-state index in [1.54, 1.807) is 6.92 Å². The number of methoxy groups -OCH3 is 2. The Balaban J connectivity index is 3.37. The van der Waals surface area contributed by atoms with E-state index < -0.39 is 11.9 Å². The van der Waals surface area contributed by atoms with Crippen LogP contribution in [0.1, 0.15) is 27.6 Å². The van der Waals surface area contributed by atoms with Gasteiger partial charge in [0, 0.05) is 0 Å². The van der Waals surface area contributed by atoms with Gasteiger partial charge in [-0.15, -0.1) is 0 Å². The Morgan fingerprint density at radius 2 is 1.61 bits per heavy atom. The molecule has 0 amide bonds. The van der Waals surface area contributed by atoms with Gasteiger partial charge in [-0.25, -0.2) is 9.59 Å². The van der Waals surface area contributed by atoms with Crippen LogP contribution in [-0.4, -0.2) is 37.9 Å². The SMILES string of the molecule is CCOC(=O)c1cc(OC)c(OC)cc1C(=O)O. The van der Waals surface area contributed by atoms with Crippen molar-refractivity contribution in [2.45, 2.75) is 6.92 Å². The maximum absolute atomic E-state index is 11.7. The molecular formula is C12H14O6. The van der Waals surface area contributed by atoms with Crippen LogP contribution >= 0.6 is 0 Å². The van der Waals surface area contributed by atoms with Gasteiger partial charge in [0.25, 0.3) is 0 Å². The zero-order valence-electron chi connectivity index (χ0n) is 10.4. The highest BCUT2D eigenvalue weighted by Gasteiger charge is 2.21. The molecule has 1 aromatic rings. The molecule has 1 N–H and O–H groups in total. The second-order valence-electron chi connectivity index (χ2n) is 3.28. The predicted octanol–water partition coefficient (Wildman–Crippen LogP) is 1.58. The van der Waals surface area contributed by atoms with E-state index in [2.05, 4.69) is 0 Å². The Morgan fingerprint density at radius 3 is 2.00 bits per heavy atom. The van der Waals surface area contributed by atoms with Gasteiger partial charge in [0.2, 0.25) is 0 Å². The van der Waals surface area contributed by atoms with Gasteiger partial charge in [-0.05, 0) is 19.1 Å². The quantitative estimate of drug-likeness (QED) is 0.803. The summed E-state index contributed by atoms with van der Waals surface area (Å²) in [5.41, 5.74) is -0.256. The molecule has 0 heterocycles. The lowest BCUT2D eigenvalue weighted by Crippen LogP contribution is -2.12. The smallest absolute Gasteiger partial charge is 0.339 e. The second-order valence-corrected chi connectivity index (χ2v) is 3.28. The first kappa shape index (κ1) is 13.8. The average molecular weight is 254 g/mol. The standard InChI is InChI=1S/C12H14O6/c1-4-18-12(15)8-6-10(17-3)9(16-2)5-7(8)11(13)14/h5-6H,4H2,1-3H3,(H,13,14). The number of carbonyl (C=O) groups excluding carboxylic acids is 1. The molecule has 0 aliphatic rings. The molecule has 1 rings (SSSR count). The van der Waals surface area contributed by atoms with Crippen LogP contribution in [0.3, 0.4) is 0 Å². The third-order valence-electron chi connectivity index (χ3n) is 2.25. The normalized spacial score (nSPS) is 9.72. The van der Waals surface area contributed by atoms with E-state index in [0.29, 0.717) is 0 Å². The van der Waals surface area contributed by atoms with Gasteiger partial charge in [-0.3, -0.25) is 0 Å². The summed E-state index contributed by atoms with van der Waals surface area (Å²) >= 11 is 0. The molecular weight excluding hydrogens is 240 g/mol. The van der Waals surface area contributed by atoms with E-state index in [-0.39, 0.29) is 29.2 Å². The second kappa shape index (κ2) is 5.90. The molecule has 0 aromatic heterocycles. The molecule has 0 aliphatic heterocycles. The van der Waals surface area contributed by atoms with Crippen molar-refractivity contribution in [3.8, 4) is 11.5 Å². The van der Waals surface area contributed by atoms with Crippen molar-refractivity contribution in [2.75, 3.05) is 20.8 Å². The van der Waals surface area contributed by atoms with Crippen LogP contribution in [0, 0.1) is 0 Å². The molecule has 98 valence electrons. The van der Waals surface area contributed by atoms with Crippen molar-refractivity contribution >= 4 is 11.9 Å². The number of ether oxygens (including phenoxy) is 3. The van der Waals surface area contributed by atoms with Gasteiger partial charge in [-0.2, -0.15) is 0 Å². The zero-order valence-corrected chi connectivity index (χ0v) is 10.4. The molecule has 0 aliphatic carbocycles. The molecule has 0 radical (unpaired) electrons. The molecule has 0 spiro atoms. The maximum Gasteiger partial charge on any atom is 0.339 e. The predicted molar refractivity (Wildman–Crippen MR) is 62.5 cm³/mol. The van der Waals surface area contributed by atoms with Crippen molar-refractivity contribution < 1.29 is 28.9 Å². The Bertz CT molecular complexity index is 466. The van der Waals surface area contributed by atoms with Crippen LogP contribution in [0.25, 0.3) is 0 Å². The molecule has 0 saturated heterocycles. The summed E-state index contributed by atoms with van der Waals surface area (Å²) in [5, 5.41) is 9.06. The summed E-state index contributed by atoms with van der Waals surface area (Å²) in [7, 11) is 2.78. The Labute approximate surface area is 104 Å². The van der Waals surface area contributed by atoms with Crippen LogP contribution < -0.4 is 9.47 Å². The summed E-state index contributed by atoms with van der Waals surface area (Å²) in [6.45, 7) is 1.80. The van der Waals surface area contributed by atoms with E-state index in [9.17, 15) is 9.59 Å². The molecule has 0 fully saturated rings. The van der Waals surface area contributed by atoms with Gasteiger partial charge >= 0.3 is 11.9 Å². The lowest BCUT2D eigenvalue weighted by Gasteiger charge is -2.11. The maximum atomic E-state index is 11.7. The molecule has 18 heavy (non-hydrogen) atoms. The fraction of sp³-hybridized carbons (Fsp3) is 0.333. The topological polar surface area (TPSA) is 82.1 Å². The highest BCUT2D eigenvalue weighted by Crippen LogP contribution is 2.31. The first-order chi connectivity index (χ1) is 8.54. The number of carboxylic acid groups (broad SMARTS) is 1. The largest absolute Gasteiger partial charge is 0.493 e. The number of hydrogen-bond donors (Lipinski definition) is 1. The monoisotopic (exact) mass is 254 g/mol. The van der Waals surface area contributed by atoms with Crippen LogP contribution in [-0.2, 0) is 4.74 Å². The Kier molecular flexibility index (Phi) is 4.53. The lowest BCUT2D eigenvalue weighted by molar-refractivity contribution is 0.0514. The molecule has 1 aromatic carbocycles. The van der Waals surface area contributed by atoms with Crippen LogP contribution in [0.15, 0.2) is 12.1 Å². The summed E-state index contributed by atoms with van der Waals surface area (Å²) in [6.07, 6.45) is 0. The highest BCUT2D eigenvalue weighted by atomic mass is 16.5. The Morgan fingerprint density at radius 1 is 1.11 bits per heavy atom. The number of aromatic carboxylic acids is 1. The van der Waals surface area contributed by atoms with E-state index in [1.807, 2.05) is 0 Å². The fourth-order valence-electron chi connectivity index (χ4n) is 1.43. The molecule has 0 bridgehead atoms. The minimum atomic E-state index is -1.24. The lowest BCUT2D eigenvalue weighted by atomic mass is 10.1. The van der Waals surface area contributed by atoms with Crippen molar-refractivity contribution in [2.24, 2.45) is 0 Å². The highest BCUT2D eigenvalue weighted by molar-refractivity contribution is 6.03. The summed E-state index contributed by atoms with van der Waals surface area (Å²) in [4.78, 5) is 22.7. The molecule has 6 heteroatoms. The van der Waals surface area contributed by atoms with Crippen LogP contribution in [0.4, 0.5) is 0 Å². The number of carbonyl (C=O) groups is 2. The van der Waals surface area contributed by atoms with Crippen molar-refractivity contribution in [3.05, 3.63) is 23.3 Å². The van der Waals surface area contributed by atoms with E-state index in [4.69, 9.17) is 19.3 Å². The van der Waals surface area contributed by atoms with Gasteiger partial charge in [0.05, 0.1) is 32.0 Å². The van der Waals surface area contributed by atoms with Gasteiger partial charge < -0.3 is 19.3 Å². The number of hydrogen-bond acceptors (Lipinski definition) is 5. The van der Waals surface area contributed by atoms with Crippen molar-refractivity contribution in [1.29, 1.82) is 0 Å². The zero-order chi connectivity index (χ0) is 13.7. The average Bonchev–Trinajstić information content (AvgIpc) is 2.37. The molecule has 0 unspecified atom stereocenters. The van der Waals surface area contributed by atoms with Gasteiger partial charge in [-0.1, -0.05) is 0 Å². The molecule has 0 atom stereocenters. The number of rotatable bonds is 5. The summed E-state index contributed by atoms with van der Waals surface area (Å²) in [5.74, 6) is -1.44. The third kappa shape index (κ3) is 2.71.